The van der Waals surface area contributed by atoms with Crippen LogP contribution in [-0.2, 0) is 9.53 Å². The predicted octanol–water partition coefficient (Wildman–Crippen LogP) is 3.68. The molecule has 0 bridgehead atoms. The highest BCUT2D eigenvalue weighted by Gasteiger charge is 2.59. The van der Waals surface area contributed by atoms with Crippen LogP contribution in [-0.4, -0.2) is 42.6 Å². The van der Waals surface area contributed by atoms with E-state index in [0.29, 0.717) is 24.6 Å². The number of piperidine rings is 2. The number of carbonyl (C=O) groups excluding carboxylic acids is 1. The molecule has 4 atom stereocenters. The van der Waals surface area contributed by atoms with Crippen LogP contribution in [0.4, 0.5) is 5.69 Å². The molecule has 0 radical (unpaired) electrons. The SMILES string of the molecule is CCOC(=O)C1=C[C@]2(CC)CCCN3CCC4c5ccccc5N1C4C32. The molecule has 0 aliphatic carbocycles. The molecule has 138 valence electrons. The van der Waals surface area contributed by atoms with Crippen LogP contribution < -0.4 is 4.90 Å². The summed E-state index contributed by atoms with van der Waals surface area (Å²) in [6.45, 7) is 6.99. The van der Waals surface area contributed by atoms with Gasteiger partial charge in [0.25, 0.3) is 0 Å². The molecule has 26 heavy (non-hydrogen) atoms. The maximum Gasteiger partial charge on any atom is 0.354 e. The number of rotatable bonds is 3. The predicted molar refractivity (Wildman–Crippen MR) is 102 cm³/mol. The van der Waals surface area contributed by atoms with E-state index in [9.17, 15) is 4.79 Å². The van der Waals surface area contributed by atoms with Gasteiger partial charge in [-0.2, -0.15) is 0 Å². The van der Waals surface area contributed by atoms with Crippen molar-refractivity contribution in [3.63, 3.8) is 0 Å². The molecular formula is C22H28N2O2. The maximum absolute atomic E-state index is 12.9. The van der Waals surface area contributed by atoms with Gasteiger partial charge in [0.1, 0.15) is 5.70 Å². The number of hydrogen-bond acceptors (Lipinski definition) is 4. The summed E-state index contributed by atoms with van der Waals surface area (Å²) in [5, 5.41) is 0. The van der Waals surface area contributed by atoms with Crippen molar-refractivity contribution in [3.05, 3.63) is 41.6 Å². The zero-order chi connectivity index (χ0) is 17.9. The molecule has 0 saturated carbocycles. The first-order valence-corrected chi connectivity index (χ1v) is 10.2. The molecule has 4 heterocycles. The third-order valence-electron chi connectivity index (χ3n) is 7.25. The van der Waals surface area contributed by atoms with Crippen molar-refractivity contribution in [3.8, 4) is 0 Å². The first-order chi connectivity index (χ1) is 12.7. The average molecular weight is 352 g/mol. The van der Waals surface area contributed by atoms with Crippen LogP contribution in [0.2, 0.25) is 0 Å². The Hall–Kier alpha value is -1.81. The number of nitrogens with zero attached hydrogens (tertiary/aromatic N) is 2. The molecule has 0 amide bonds. The van der Waals surface area contributed by atoms with Gasteiger partial charge in [-0.1, -0.05) is 25.1 Å². The Balaban J connectivity index is 1.72. The lowest BCUT2D eigenvalue weighted by atomic mass is 9.62. The first kappa shape index (κ1) is 16.4. The Bertz CT molecular complexity index is 773. The minimum absolute atomic E-state index is 0.0994. The van der Waals surface area contributed by atoms with Crippen LogP contribution in [0.1, 0.15) is 51.0 Å². The second kappa shape index (κ2) is 5.85. The lowest BCUT2D eigenvalue weighted by Gasteiger charge is -2.59. The number of fused-ring (bicyclic) bond motifs is 3. The summed E-state index contributed by atoms with van der Waals surface area (Å²) in [7, 11) is 0. The zero-order valence-electron chi connectivity index (χ0n) is 15.8. The van der Waals surface area contributed by atoms with Crippen molar-refractivity contribution in [2.24, 2.45) is 5.41 Å². The molecule has 4 aliphatic rings. The Morgan fingerprint density at radius 2 is 2.12 bits per heavy atom. The Kier molecular flexibility index (Phi) is 3.68. The van der Waals surface area contributed by atoms with Gasteiger partial charge < -0.3 is 9.64 Å². The van der Waals surface area contributed by atoms with Crippen LogP contribution in [0.5, 0.6) is 0 Å². The van der Waals surface area contributed by atoms with Gasteiger partial charge in [-0.25, -0.2) is 4.79 Å². The smallest absolute Gasteiger partial charge is 0.354 e. The fraction of sp³-hybridized carbons (Fsp3) is 0.591. The number of carbonyl (C=O) groups is 1. The van der Waals surface area contributed by atoms with Gasteiger partial charge in [-0.05, 0) is 63.4 Å². The van der Waals surface area contributed by atoms with Crippen molar-refractivity contribution in [2.75, 3.05) is 24.6 Å². The van der Waals surface area contributed by atoms with E-state index in [1.807, 2.05) is 6.92 Å². The summed E-state index contributed by atoms with van der Waals surface area (Å²) in [4.78, 5) is 18.0. The average Bonchev–Trinajstić information content (AvgIpc) is 3.02. The number of esters is 1. The van der Waals surface area contributed by atoms with Gasteiger partial charge in [-0.3, -0.25) is 4.90 Å². The summed E-state index contributed by atoms with van der Waals surface area (Å²) < 4.78 is 5.49. The molecule has 5 rings (SSSR count). The number of benzene rings is 1. The maximum atomic E-state index is 12.9. The molecule has 4 heteroatoms. The number of hydrogen-bond donors (Lipinski definition) is 0. The van der Waals surface area contributed by atoms with Crippen molar-refractivity contribution < 1.29 is 9.53 Å². The second-order valence-electron chi connectivity index (χ2n) is 8.24. The van der Waals surface area contributed by atoms with E-state index in [1.165, 1.54) is 43.6 Å². The molecule has 1 aromatic carbocycles. The lowest BCUT2D eigenvalue weighted by Crippen LogP contribution is -2.67. The molecule has 3 unspecified atom stereocenters. The van der Waals surface area contributed by atoms with Crippen molar-refractivity contribution >= 4 is 11.7 Å². The third kappa shape index (κ3) is 2.02. The number of ether oxygens (including phenoxy) is 1. The van der Waals surface area contributed by atoms with Crippen molar-refractivity contribution in [2.45, 2.75) is 57.5 Å². The van der Waals surface area contributed by atoms with Crippen molar-refractivity contribution in [1.82, 2.24) is 4.90 Å². The van der Waals surface area contributed by atoms with Gasteiger partial charge in [0.15, 0.2) is 0 Å². The molecule has 4 aliphatic heterocycles. The van der Waals surface area contributed by atoms with Gasteiger partial charge in [-0.15, -0.1) is 0 Å². The van der Waals surface area contributed by atoms with E-state index in [-0.39, 0.29) is 11.4 Å². The number of anilines is 1. The zero-order valence-corrected chi connectivity index (χ0v) is 15.8. The van der Waals surface area contributed by atoms with Crippen molar-refractivity contribution in [1.29, 1.82) is 0 Å². The van der Waals surface area contributed by atoms with E-state index in [0.717, 1.165) is 12.1 Å². The van der Waals surface area contributed by atoms with Crippen LogP contribution in [0.25, 0.3) is 0 Å². The molecule has 1 aromatic rings. The van der Waals surface area contributed by atoms with Gasteiger partial charge in [0.05, 0.1) is 12.6 Å². The molecule has 2 fully saturated rings. The lowest BCUT2D eigenvalue weighted by molar-refractivity contribution is -0.139. The minimum atomic E-state index is -0.156. The Morgan fingerprint density at radius 1 is 1.27 bits per heavy atom. The van der Waals surface area contributed by atoms with Crippen LogP contribution in [0, 0.1) is 5.41 Å². The fourth-order valence-corrected chi connectivity index (χ4v) is 6.25. The molecule has 0 N–H and O–H groups in total. The van der Waals surface area contributed by atoms with Crippen LogP contribution in [0.15, 0.2) is 36.0 Å². The summed E-state index contributed by atoms with van der Waals surface area (Å²) in [6.07, 6.45) is 6.97. The molecule has 4 nitrogen and oxygen atoms in total. The van der Waals surface area contributed by atoms with Crippen LogP contribution in [0.3, 0.4) is 0 Å². The monoisotopic (exact) mass is 352 g/mol. The van der Waals surface area contributed by atoms with Gasteiger partial charge in [0, 0.05) is 23.1 Å². The second-order valence-corrected chi connectivity index (χ2v) is 8.24. The topological polar surface area (TPSA) is 32.8 Å². The normalized spacial score (nSPS) is 34.8. The fourth-order valence-electron chi connectivity index (χ4n) is 6.25. The van der Waals surface area contributed by atoms with E-state index in [2.05, 4.69) is 47.1 Å². The van der Waals surface area contributed by atoms with Gasteiger partial charge in [0.2, 0.25) is 0 Å². The molecular weight excluding hydrogens is 324 g/mol. The first-order valence-electron chi connectivity index (χ1n) is 10.2. The summed E-state index contributed by atoms with van der Waals surface area (Å²) in [5.41, 5.74) is 3.53. The summed E-state index contributed by atoms with van der Waals surface area (Å²) >= 11 is 0. The van der Waals surface area contributed by atoms with E-state index in [1.54, 1.807) is 0 Å². The third-order valence-corrected chi connectivity index (χ3v) is 7.25. The van der Waals surface area contributed by atoms with Gasteiger partial charge >= 0.3 is 5.97 Å². The summed E-state index contributed by atoms with van der Waals surface area (Å²) in [6, 6.07) is 9.57. The Labute approximate surface area is 155 Å². The van der Waals surface area contributed by atoms with Crippen LogP contribution >= 0.6 is 0 Å². The highest BCUT2D eigenvalue weighted by Crippen LogP contribution is 2.58. The molecule has 0 spiro atoms. The van der Waals surface area contributed by atoms with E-state index < -0.39 is 0 Å². The molecule has 2 saturated heterocycles. The molecule has 0 aromatic heterocycles. The van der Waals surface area contributed by atoms with E-state index >= 15 is 0 Å². The highest BCUT2D eigenvalue weighted by atomic mass is 16.5. The Morgan fingerprint density at radius 3 is 2.92 bits per heavy atom. The quantitative estimate of drug-likeness (QED) is 0.777. The highest BCUT2D eigenvalue weighted by molar-refractivity contribution is 5.95. The van der Waals surface area contributed by atoms with E-state index in [4.69, 9.17) is 4.74 Å². The summed E-state index contributed by atoms with van der Waals surface area (Å²) in [5.74, 6) is 0.367. The number of para-hydroxylation sites is 1. The minimum Gasteiger partial charge on any atom is -0.461 e. The largest absolute Gasteiger partial charge is 0.461 e. The standard InChI is InChI=1S/C22H28N2O2/c1-3-22-11-7-12-23-13-10-16-15-8-5-6-9-17(15)24(19(16)20(22)23)18(14-22)21(25)26-4-2/h5-6,8-9,14,16,19-20H,3-4,7,10-13H2,1-2H3/t16?,19?,20?,22-/m0/s1.